The fraction of sp³-hybridized carbons (Fsp3) is 1.00. The Morgan fingerprint density at radius 1 is 1.43 bits per heavy atom. The summed E-state index contributed by atoms with van der Waals surface area (Å²) < 4.78 is 65.5. The van der Waals surface area contributed by atoms with E-state index in [9.17, 15) is 21.6 Å². The Labute approximate surface area is 79.4 Å². The summed E-state index contributed by atoms with van der Waals surface area (Å²) in [4.78, 5) is 0. The molecule has 0 aliphatic carbocycles. The Morgan fingerprint density at radius 3 is 2.14 bits per heavy atom. The molecule has 1 atom stereocenters. The van der Waals surface area contributed by atoms with Gasteiger partial charge in [0.25, 0.3) is 0 Å². The lowest BCUT2D eigenvalue weighted by atomic mass is 10.2. The SMILES string of the molecule is CCCCC(F)C(F)(F)S(=O)(=O)O.F. The Bertz CT molecular complexity index is 252. The second-order valence-electron chi connectivity index (χ2n) is 2.65. The summed E-state index contributed by atoms with van der Waals surface area (Å²) in [6.45, 7) is 1.65. The van der Waals surface area contributed by atoms with E-state index < -0.39 is 28.0 Å². The second kappa shape index (κ2) is 5.50. The third-order valence-corrected chi connectivity index (χ3v) is 2.46. The Hall–Kier alpha value is -0.370. The van der Waals surface area contributed by atoms with Crippen LogP contribution in [0.5, 0.6) is 0 Å². The molecule has 0 aliphatic rings. The van der Waals surface area contributed by atoms with Gasteiger partial charge in [0.2, 0.25) is 0 Å². The molecule has 0 aromatic rings. The molecule has 0 aliphatic heterocycles. The zero-order chi connectivity index (χ0) is 10.7. The summed E-state index contributed by atoms with van der Waals surface area (Å²) in [6, 6.07) is 0. The zero-order valence-corrected chi connectivity index (χ0v) is 8.23. The van der Waals surface area contributed by atoms with Gasteiger partial charge in [0.05, 0.1) is 0 Å². The van der Waals surface area contributed by atoms with E-state index in [4.69, 9.17) is 4.55 Å². The number of rotatable bonds is 5. The van der Waals surface area contributed by atoms with Gasteiger partial charge in [0, 0.05) is 0 Å². The summed E-state index contributed by atoms with van der Waals surface area (Å²) >= 11 is 0. The first-order valence-corrected chi connectivity index (χ1v) is 5.16. The largest absolute Gasteiger partial charge is 0.400 e. The minimum Gasteiger partial charge on any atom is -0.281 e. The van der Waals surface area contributed by atoms with Gasteiger partial charge in [-0.15, -0.1) is 0 Å². The van der Waals surface area contributed by atoms with Gasteiger partial charge in [-0.25, -0.2) is 4.39 Å². The van der Waals surface area contributed by atoms with Crippen molar-refractivity contribution < 1.29 is 30.8 Å². The van der Waals surface area contributed by atoms with E-state index in [0.717, 1.165) is 0 Å². The van der Waals surface area contributed by atoms with Crippen molar-refractivity contribution in [3.05, 3.63) is 0 Å². The molecule has 88 valence electrons. The van der Waals surface area contributed by atoms with Crippen LogP contribution in [0.15, 0.2) is 0 Å². The average molecular weight is 240 g/mol. The van der Waals surface area contributed by atoms with Crippen molar-refractivity contribution in [3.8, 4) is 0 Å². The van der Waals surface area contributed by atoms with Gasteiger partial charge in [-0.1, -0.05) is 19.8 Å². The molecule has 0 rings (SSSR count). The Kier molecular flexibility index (Phi) is 6.31. The molecule has 0 amide bonds. The van der Waals surface area contributed by atoms with Gasteiger partial charge in [-0.3, -0.25) is 9.26 Å². The minimum absolute atomic E-state index is 0. The molecule has 8 heteroatoms. The van der Waals surface area contributed by atoms with Crippen LogP contribution in [0.25, 0.3) is 0 Å². The van der Waals surface area contributed by atoms with E-state index in [1.807, 2.05) is 0 Å². The number of unbranched alkanes of at least 4 members (excludes halogenated alkanes) is 1. The molecular weight excluding hydrogens is 228 g/mol. The molecule has 0 radical (unpaired) electrons. The van der Waals surface area contributed by atoms with Crippen LogP contribution in [0, 0.1) is 0 Å². The van der Waals surface area contributed by atoms with Crippen LogP contribution in [-0.4, -0.2) is 24.4 Å². The number of halogens is 4. The molecule has 0 aromatic heterocycles. The highest BCUT2D eigenvalue weighted by molar-refractivity contribution is 7.86. The third kappa shape index (κ3) is 3.79. The lowest BCUT2D eigenvalue weighted by molar-refractivity contribution is -0.00689. The van der Waals surface area contributed by atoms with E-state index in [0.29, 0.717) is 6.42 Å². The first-order valence-electron chi connectivity index (χ1n) is 3.72. The topological polar surface area (TPSA) is 54.4 Å². The summed E-state index contributed by atoms with van der Waals surface area (Å²) in [7, 11) is -5.64. The normalized spacial score (nSPS) is 14.6. The maximum atomic E-state index is 12.6. The Morgan fingerprint density at radius 2 is 1.86 bits per heavy atom. The highest BCUT2D eigenvalue weighted by atomic mass is 32.2. The van der Waals surface area contributed by atoms with Crippen molar-refractivity contribution in [3.63, 3.8) is 0 Å². The van der Waals surface area contributed by atoms with Crippen LogP contribution in [0.4, 0.5) is 17.9 Å². The molecule has 0 spiro atoms. The van der Waals surface area contributed by atoms with Crippen molar-refractivity contribution in [2.75, 3.05) is 0 Å². The lowest BCUT2D eigenvalue weighted by Gasteiger charge is -2.16. The lowest BCUT2D eigenvalue weighted by Crippen LogP contribution is -2.38. The second-order valence-corrected chi connectivity index (χ2v) is 4.14. The number of alkyl halides is 3. The summed E-state index contributed by atoms with van der Waals surface area (Å²) in [5.74, 6) is 0. The third-order valence-electron chi connectivity index (χ3n) is 1.52. The first kappa shape index (κ1) is 16.1. The Balaban J connectivity index is 0. The molecule has 3 nitrogen and oxygen atoms in total. The van der Waals surface area contributed by atoms with E-state index >= 15 is 0 Å². The van der Waals surface area contributed by atoms with Crippen LogP contribution in [0.1, 0.15) is 26.2 Å². The van der Waals surface area contributed by atoms with Crippen LogP contribution >= 0.6 is 0 Å². The molecule has 1 N–H and O–H groups in total. The van der Waals surface area contributed by atoms with Gasteiger partial charge in [-0.05, 0) is 6.42 Å². The molecule has 0 fully saturated rings. The number of hydrogen-bond acceptors (Lipinski definition) is 2. The quantitative estimate of drug-likeness (QED) is 0.591. The highest BCUT2D eigenvalue weighted by Crippen LogP contribution is 2.30. The van der Waals surface area contributed by atoms with E-state index in [1.54, 1.807) is 6.92 Å². The molecule has 1 unspecified atom stereocenters. The first-order chi connectivity index (χ1) is 5.73. The van der Waals surface area contributed by atoms with Crippen molar-refractivity contribution in [1.29, 1.82) is 0 Å². The van der Waals surface area contributed by atoms with Gasteiger partial charge < -0.3 is 0 Å². The highest BCUT2D eigenvalue weighted by Gasteiger charge is 2.51. The van der Waals surface area contributed by atoms with Crippen LogP contribution < -0.4 is 0 Å². The van der Waals surface area contributed by atoms with Crippen molar-refractivity contribution in [2.45, 2.75) is 37.6 Å². The fourth-order valence-electron chi connectivity index (χ4n) is 0.713. The number of hydrogen-bond donors (Lipinski definition) is 1. The molecular formula is C6H12F4O3S. The predicted molar refractivity (Wildman–Crippen MR) is 43.4 cm³/mol. The van der Waals surface area contributed by atoms with Gasteiger partial charge in [0.15, 0.2) is 6.17 Å². The molecule has 0 bridgehead atoms. The fourth-order valence-corrected chi connectivity index (χ4v) is 1.15. The predicted octanol–water partition coefficient (Wildman–Crippen LogP) is 2.15. The minimum atomic E-state index is -5.64. The molecule has 0 saturated heterocycles. The van der Waals surface area contributed by atoms with Gasteiger partial charge in [-0.2, -0.15) is 17.2 Å². The molecule has 0 heterocycles. The molecule has 0 saturated carbocycles. The van der Waals surface area contributed by atoms with Crippen LogP contribution in [-0.2, 0) is 10.1 Å². The standard InChI is InChI=1S/C6H11F3O3S.FH/c1-2-3-4-5(7)6(8,9)13(10,11)12;/h5H,2-4H2,1H3,(H,10,11,12);1H. The molecule has 0 aromatic carbocycles. The van der Waals surface area contributed by atoms with E-state index in [1.165, 1.54) is 0 Å². The van der Waals surface area contributed by atoms with E-state index in [2.05, 4.69) is 0 Å². The van der Waals surface area contributed by atoms with Crippen molar-refractivity contribution >= 4 is 10.1 Å². The maximum absolute atomic E-state index is 12.6. The van der Waals surface area contributed by atoms with Gasteiger partial charge in [0.1, 0.15) is 0 Å². The zero-order valence-electron chi connectivity index (χ0n) is 7.41. The van der Waals surface area contributed by atoms with Crippen molar-refractivity contribution in [2.24, 2.45) is 0 Å². The van der Waals surface area contributed by atoms with Gasteiger partial charge >= 0.3 is 15.4 Å². The molecule has 14 heavy (non-hydrogen) atoms. The van der Waals surface area contributed by atoms with Crippen LogP contribution in [0.3, 0.4) is 0 Å². The maximum Gasteiger partial charge on any atom is 0.400 e. The summed E-state index contributed by atoms with van der Waals surface area (Å²) in [6.07, 6.45) is -2.81. The summed E-state index contributed by atoms with van der Waals surface area (Å²) in [5, 5.41) is -4.69. The monoisotopic (exact) mass is 240 g/mol. The van der Waals surface area contributed by atoms with E-state index in [-0.39, 0.29) is 11.1 Å². The average Bonchev–Trinajstić information content (AvgIpc) is 1.97. The van der Waals surface area contributed by atoms with Crippen molar-refractivity contribution in [1.82, 2.24) is 0 Å². The summed E-state index contributed by atoms with van der Waals surface area (Å²) in [5.41, 5.74) is 0. The van der Waals surface area contributed by atoms with Crippen LogP contribution in [0.2, 0.25) is 0 Å². The smallest absolute Gasteiger partial charge is 0.281 e.